The minimum absolute atomic E-state index is 0. The third-order valence-corrected chi connectivity index (χ3v) is 1.74. The van der Waals surface area contributed by atoms with Gasteiger partial charge in [0.05, 0.1) is 0 Å². The Hall–Kier alpha value is 0.646. The molecule has 0 N–H and O–H groups in total. The second-order valence-corrected chi connectivity index (χ2v) is 3.13. The van der Waals surface area contributed by atoms with E-state index in [1.165, 1.54) is 19.8 Å². The molecule has 0 fully saturated rings. The van der Waals surface area contributed by atoms with Crippen molar-refractivity contribution in [3.63, 3.8) is 0 Å². The molecular formula is C10H19CoNaO3. The van der Waals surface area contributed by atoms with Gasteiger partial charge in [-0.3, -0.25) is 9.59 Å². The van der Waals surface area contributed by atoms with E-state index in [9.17, 15) is 9.59 Å². The number of carbonyl (C=O) groups excluding carboxylic acids is 2. The summed E-state index contributed by atoms with van der Waals surface area (Å²) in [6, 6.07) is 0. The third-order valence-electron chi connectivity index (χ3n) is 1.74. The molecule has 0 aromatic carbocycles. The van der Waals surface area contributed by atoms with Crippen molar-refractivity contribution in [2.45, 2.75) is 52.4 Å². The van der Waals surface area contributed by atoms with Crippen LogP contribution in [0.1, 0.15) is 53.8 Å². The second kappa shape index (κ2) is 14.6. The van der Waals surface area contributed by atoms with Crippen molar-refractivity contribution >= 4 is 11.9 Å². The molecule has 0 amide bonds. The van der Waals surface area contributed by atoms with E-state index < -0.39 is 11.9 Å². The predicted octanol–water partition coefficient (Wildman–Crippen LogP) is -0.449. The van der Waals surface area contributed by atoms with E-state index >= 15 is 0 Å². The van der Waals surface area contributed by atoms with E-state index in [0.717, 1.165) is 19.3 Å². The molecule has 0 heterocycles. The first-order valence-corrected chi connectivity index (χ1v) is 4.88. The van der Waals surface area contributed by atoms with Crippen molar-refractivity contribution in [2.24, 2.45) is 0 Å². The van der Waals surface area contributed by atoms with Gasteiger partial charge in [-0.05, 0) is 6.42 Å². The number of hydrogen-bond acceptors (Lipinski definition) is 3. The molecule has 0 saturated heterocycles. The first-order chi connectivity index (χ1) is 6.16. The van der Waals surface area contributed by atoms with Crippen molar-refractivity contribution in [1.82, 2.24) is 0 Å². The summed E-state index contributed by atoms with van der Waals surface area (Å²) < 4.78 is 4.38. The summed E-state index contributed by atoms with van der Waals surface area (Å²) in [7, 11) is 0. The Morgan fingerprint density at radius 3 is 2.13 bits per heavy atom. The summed E-state index contributed by atoms with van der Waals surface area (Å²) in [6.45, 7) is 3.39. The van der Waals surface area contributed by atoms with Crippen LogP contribution in [-0.2, 0) is 31.1 Å². The minimum Gasteiger partial charge on any atom is -1.00 e. The van der Waals surface area contributed by atoms with Gasteiger partial charge in [-0.15, -0.1) is 0 Å². The average molecular weight is 269 g/mol. The van der Waals surface area contributed by atoms with Gasteiger partial charge in [0, 0.05) is 30.1 Å². The summed E-state index contributed by atoms with van der Waals surface area (Å²) in [5.74, 6) is -0.914. The number of hydrogen-bond donors (Lipinski definition) is 0. The van der Waals surface area contributed by atoms with Crippen LogP contribution in [-0.4, -0.2) is 11.9 Å². The van der Waals surface area contributed by atoms with E-state index in [-0.39, 0.29) is 47.8 Å². The van der Waals surface area contributed by atoms with Crippen LogP contribution in [0.3, 0.4) is 0 Å². The van der Waals surface area contributed by atoms with Crippen LogP contribution in [0.2, 0.25) is 0 Å². The molecule has 0 aromatic rings. The topological polar surface area (TPSA) is 43.4 Å². The molecule has 0 spiro atoms. The molecule has 15 heavy (non-hydrogen) atoms. The van der Waals surface area contributed by atoms with Crippen LogP contribution in [0.25, 0.3) is 0 Å². The van der Waals surface area contributed by atoms with Gasteiger partial charge >= 0.3 is 41.5 Å². The van der Waals surface area contributed by atoms with E-state index in [1.54, 1.807) is 0 Å². The molecule has 0 unspecified atom stereocenters. The maximum atomic E-state index is 10.8. The standard InChI is InChI=1S/C10H18O3.Co.Na.H/c1-3-4-5-6-7-8-10(12)13-9(2)11;;;/h3-8H2,1-2H3;;;/q;;+1;-1. The molecule has 0 aliphatic rings. The summed E-state index contributed by atoms with van der Waals surface area (Å²) in [5, 5.41) is 0. The van der Waals surface area contributed by atoms with Crippen molar-refractivity contribution in [3.8, 4) is 0 Å². The number of unbranched alkanes of at least 4 members (excludes halogenated alkanes) is 4. The van der Waals surface area contributed by atoms with Gasteiger partial charge in [0.2, 0.25) is 0 Å². The van der Waals surface area contributed by atoms with Crippen LogP contribution in [0, 0.1) is 0 Å². The Labute approximate surface area is 126 Å². The molecule has 87 valence electrons. The molecule has 0 aromatic heterocycles. The maximum absolute atomic E-state index is 10.8. The Kier molecular flexibility index (Phi) is 20.5. The Balaban J connectivity index is -0.000000240. The molecule has 0 rings (SSSR count). The van der Waals surface area contributed by atoms with Crippen molar-refractivity contribution in [2.75, 3.05) is 0 Å². The van der Waals surface area contributed by atoms with E-state index in [2.05, 4.69) is 11.7 Å². The molecule has 3 nitrogen and oxygen atoms in total. The van der Waals surface area contributed by atoms with E-state index in [1.807, 2.05) is 0 Å². The fourth-order valence-corrected chi connectivity index (χ4v) is 1.08. The van der Waals surface area contributed by atoms with Gasteiger partial charge in [0.25, 0.3) is 0 Å². The molecule has 5 heteroatoms. The van der Waals surface area contributed by atoms with Crippen LogP contribution in [0.4, 0.5) is 0 Å². The van der Waals surface area contributed by atoms with Gasteiger partial charge < -0.3 is 6.16 Å². The molecule has 0 bridgehead atoms. The van der Waals surface area contributed by atoms with E-state index in [0.29, 0.717) is 6.42 Å². The Morgan fingerprint density at radius 2 is 1.67 bits per heavy atom. The number of esters is 2. The molecular weight excluding hydrogens is 250 g/mol. The van der Waals surface area contributed by atoms with Crippen molar-refractivity contribution < 1.29 is 62.1 Å². The SMILES string of the molecule is CCCCCCCC(=O)OC(C)=O.[Co].[H-].[Na+]. The molecule has 0 aliphatic heterocycles. The van der Waals surface area contributed by atoms with Gasteiger partial charge in [0.15, 0.2) is 0 Å². The molecule has 0 aliphatic carbocycles. The second-order valence-electron chi connectivity index (χ2n) is 3.13. The zero-order valence-electron chi connectivity index (χ0n) is 10.8. The van der Waals surface area contributed by atoms with Crippen LogP contribution < -0.4 is 29.6 Å². The van der Waals surface area contributed by atoms with Gasteiger partial charge in [-0.1, -0.05) is 32.6 Å². The van der Waals surface area contributed by atoms with Gasteiger partial charge in [-0.25, -0.2) is 0 Å². The van der Waals surface area contributed by atoms with Crippen molar-refractivity contribution in [3.05, 3.63) is 0 Å². The molecule has 0 saturated carbocycles. The van der Waals surface area contributed by atoms with Crippen LogP contribution >= 0.6 is 0 Å². The number of ether oxygens (including phenoxy) is 1. The first kappa shape index (κ1) is 21.0. The number of carbonyl (C=O) groups is 2. The molecule has 0 atom stereocenters. The van der Waals surface area contributed by atoms with Gasteiger partial charge in [-0.2, -0.15) is 0 Å². The fourth-order valence-electron chi connectivity index (χ4n) is 1.08. The Morgan fingerprint density at radius 1 is 1.13 bits per heavy atom. The quantitative estimate of drug-likeness (QED) is 0.284. The van der Waals surface area contributed by atoms with E-state index in [4.69, 9.17) is 0 Å². The largest absolute Gasteiger partial charge is 1.00 e. The van der Waals surface area contributed by atoms with Gasteiger partial charge in [0.1, 0.15) is 0 Å². The maximum Gasteiger partial charge on any atom is 1.00 e. The summed E-state index contributed by atoms with van der Waals surface area (Å²) in [5.41, 5.74) is 0. The van der Waals surface area contributed by atoms with Crippen LogP contribution in [0.5, 0.6) is 0 Å². The summed E-state index contributed by atoms with van der Waals surface area (Å²) in [4.78, 5) is 21.2. The first-order valence-electron chi connectivity index (χ1n) is 4.88. The zero-order chi connectivity index (χ0) is 10.1. The molecule has 1 radical (unpaired) electrons. The Bertz CT molecular complexity index is 179. The predicted molar refractivity (Wildman–Crippen MR) is 51.3 cm³/mol. The van der Waals surface area contributed by atoms with Crippen molar-refractivity contribution in [1.29, 1.82) is 0 Å². The monoisotopic (exact) mass is 269 g/mol. The third kappa shape index (κ3) is 17.3. The number of rotatable bonds is 6. The summed E-state index contributed by atoms with van der Waals surface area (Å²) in [6.07, 6.45) is 5.79. The van der Waals surface area contributed by atoms with Crippen LogP contribution in [0.15, 0.2) is 0 Å². The fraction of sp³-hybridized carbons (Fsp3) is 0.800. The smallest absolute Gasteiger partial charge is 1.00 e. The average Bonchev–Trinajstić information content (AvgIpc) is 2.02. The summed E-state index contributed by atoms with van der Waals surface area (Å²) >= 11 is 0. The minimum atomic E-state index is -0.515. The zero-order valence-corrected chi connectivity index (χ0v) is 12.8. The normalized spacial score (nSPS) is 8.40.